The van der Waals surface area contributed by atoms with Crippen LogP contribution in [0.15, 0.2) is 53.3 Å². The second-order valence-electron chi connectivity index (χ2n) is 6.93. The lowest BCUT2D eigenvalue weighted by molar-refractivity contribution is 0.102. The monoisotopic (exact) mass is 376 g/mol. The van der Waals surface area contributed by atoms with E-state index in [1.807, 2.05) is 41.2 Å². The van der Waals surface area contributed by atoms with E-state index in [4.69, 9.17) is 4.42 Å². The number of rotatable bonds is 4. The molecule has 8 nitrogen and oxygen atoms in total. The maximum atomic E-state index is 12.6. The van der Waals surface area contributed by atoms with Crippen molar-refractivity contribution in [2.75, 3.05) is 18.4 Å². The minimum Gasteiger partial charge on any atom is -0.461 e. The van der Waals surface area contributed by atoms with E-state index in [1.54, 1.807) is 12.3 Å². The van der Waals surface area contributed by atoms with Gasteiger partial charge in [-0.1, -0.05) is 0 Å². The predicted molar refractivity (Wildman–Crippen MR) is 105 cm³/mol. The van der Waals surface area contributed by atoms with Crippen molar-refractivity contribution in [1.82, 2.24) is 25.1 Å². The van der Waals surface area contributed by atoms with Crippen molar-refractivity contribution in [3.63, 3.8) is 0 Å². The van der Waals surface area contributed by atoms with E-state index >= 15 is 0 Å². The van der Waals surface area contributed by atoms with E-state index in [2.05, 4.69) is 25.7 Å². The highest BCUT2D eigenvalue weighted by atomic mass is 16.3. The van der Waals surface area contributed by atoms with E-state index < -0.39 is 0 Å². The Bertz CT molecular complexity index is 1110. The minimum absolute atomic E-state index is 0.229. The van der Waals surface area contributed by atoms with Crippen molar-refractivity contribution in [2.45, 2.75) is 18.9 Å². The predicted octanol–water partition coefficient (Wildman–Crippen LogP) is 3.20. The van der Waals surface area contributed by atoms with E-state index in [-0.39, 0.29) is 5.91 Å². The normalized spacial score (nSPS) is 17.1. The zero-order valence-corrected chi connectivity index (χ0v) is 15.2. The number of imidazole rings is 1. The van der Waals surface area contributed by atoms with Gasteiger partial charge in [0.15, 0.2) is 17.3 Å². The Labute approximate surface area is 161 Å². The summed E-state index contributed by atoms with van der Waals surface area (Å²) in [6.45, 7) is 1.93. The van der Waals surface area contributed by atoms with Gasteiger partial charge in [-0.05, 0) is 55.8 Å². The summed E-state index contributed by atoms with van der Waals surface area (Å²) in [5.74, 6) is 1.10. The smallest absolute Gasteiger partial charge is 0.276 e. The Hall–Kier alpha value is -3.39. The number of anilines is 1. The van der Waals surface area contributed by atoms with Crippen LogP contribution in [0.2, 0.25) is 0 Å². The molecule has 1 aromatic carbocycles. The average molecular weight is 376 g/mol. The third kappa shape index (κ3) is 3.18. The number of aromatic amines is 1. The molecule has 1 saturated heterocycles. The maximum Gasteiger partial charge on any atom is 0.276 e. The number of fused-ring (bicyclic) bond motifs is 1. The highest BCUT2D eigenvalue weighted by Gasteiger charge is 2.18. The number of hydrogen-bond donors (Lipinski definition) is 3. The SMILES string of the molecule is O=C(Nc1ccc2nc(-c3ccco3)[nH]c2c1)c1ccn(C2CCCNC2)n1. The van der Waals surface area contributed by atoms with Crippen molar-refractivity contribution in [3.8, 4) is 11.6 Å². The molecule has 8 heteroatoms. The van der Waals surface area contributed by atoms with Crippen LogP contribution in [-0.2, 0) is 0 Å². The van der Waals surface area contributed by atoms with Gasteiger partial charge in [-0.3, -0.25) is 9.48 Å². The Morgan fingerprint density at radius 3 is 3.07 bits per heavy atom. The number of aromatic nitrogens is 4. The summed E-state index contributed by atoms with van der Waals surface area (Å²) in [7, 11) is 0. The molecular formula is C20H20N6O2. The summed E-state index contributed by atoms with van der Waals surface area (Å²) in [6, 6.07) is 11.3. The van der Waals surface area contributed by atoms with Gasteiger partial charge in [0.1, 0.15) is 0 Å². The van der Waals surface area contributed by atoms with E-state index in [1.165, 1.54) is 0 Å². The molecule has 5 rings (SSSR count). The lowest BCUT2D eigenvalue weighted by atomic mass is 10.1. The van der Waals surface area contributed by atoms with Crippen molar-refractivity contribution in [2.24, 2.45) is 0 Å². The summed E-state index contributed by atoms with van der Waals surface area (Å²) in [6.07, 6.45) is 5.68. The van der Waals surface area contributed by atoms with Crippen LogP contribution in [0.25, 0.3) is 22.6 Å². The Morgan fingerprint density at radius 1 is 1.29 bits per heavy atom. The molecule has 1 fully saturated rings. The number of piperidine rings is 1. The lowest BCUT2D eigenvalue weighted by Gasteiger charge is -2.22. The largest absolute Gasteiger partial charge is 0.461 e. The van der Waals surface area contributed by atoms with Gasteiger partial charge in [0.05, 0.1) is 23.3 Å². The second-order valence-corrected chi connectivity index (χ2v) is 6.93. The summed E-state index contributed by atoms with van der Waals surface area (Å²) >= 11 is 0. The maximum absolute atomic E-state index is 12.6. The van der Waals surface area contributed by atoms with Crippen LogP contribution in [0.5, 0.6) is 0 Å². The lowest BCUT2D eigenvalue weighted by Crippen LogP contribution is -2.32. The van der Waals surface area contributed by atoms with Crippen molar-refractivity contribution in [3.05, 3.63) is 54.6 Å². The molecule has 142 valence electrons. The van der Waals surface area contributed by atoms with E-state index in [0.717, 1.165) is 37.0 Å². The molecule has 28 heavy (non-hydrogen) atoms. The fourth-order valence-corrected chi connectivity index (χ4v) is 3.53. The highest BCUT2D eigenvalue weighted by Crippen LogP contribution is 2.23. The van der Waals surface area contributed by atoms with Crippen LogP contribution in [0.1, 0.15) is 29.4 Å². The Kier molecular flexibility index (Phi) is 4.17. The van der Waals surface area contributed by atoms with Gasteiger partial charge in [-0.25, -0.2) is 4.98 Å². The summed E-state index contributed by atoms with van der Waals surface area (Å²) in [4.78, 5) is 20.3. The number of hydrogen-bond acceptors (Lipinski definition) is 5. The molecule has 1 aliphatic heterocycles. The first-order valence-electron chi connectivity index (χ1n) is 9.37. The van der Waals surface area contributed by atoms with Crippen LogP contribution < -0.4 is 10.6 Å². The molecule has 1 amide bonds. The number of benzene rings is 1. The van der Waals surface area contributed by atoms with Gasteiger partial charge in [0.2, 0.25) is 0 Å². The molecule has 3 N–H and O–H groups in total. The number of H-pyrrole nitrogens is 1. The topological polar surface area (TPSA) is 101 Å². The first-order chi connectivity index (χ1) is 13.8. The molecule has 4 heterocycles. The van der Waals surface area contributed by atoms with Crippen LogP contribution in [0.3, 0.4) is 0 Å². The number of nitrogens with zero attached hydrogens (tertiary/aromatic N) is 3. The molecule has 1 unspecified atom stereocenters. The Balaban J connectivity index is 1.33. The van der Waals surface area contributed by atoms with E-state index in [9.17, 15) is 4.79 Å². The molecule has 0 spiro atoms. The molecule has 0 saturated carbocycles. The molecule has 1 aliphatic rings. The zero-order valence-electron chi connectivity index (χ0n) is 15.2. The number of furan rings is 1. The molecule has 0 aliphatic carbocycles. The van der Waals surface area contributed by atoms with Crippen molar-refractivity contribution >= 4 is 22.6 Å². The summed E-state index contributed by atoms with van der Waals surface area (Å²) in [5.41, 5.74) is 2.72. The molecular weight excluding hydrogens is 356 g/mol. The number of carbonyl (C=O) groups excluding carboxylic acids is 1. The number of amides is 1. The first kappa shape index (κ1) is 16.8. The zero-order chi connectivity index (χ0) is 18.9. The van der Waals surface area contributed by atoms with Crippen LogP contribution in [0.4, 0.5) is 5.69 Å². The molecule has 0 bridgehead atoms. The van der Waals surface area contributed by atoms with Gasteiger partial charge in [-0.2, -0.15) is 5.10 Å². The quantitative estimate of drug-likeness (QED) is 0.508. The third-order valence-electron chi connectivity index (χ3n) is 4.98. The van der Waals surface area contributed by atoms with Gasteiger partial charge < -0.3 is 20.0 Å². The van der Waals surface area contributed by atoms with Gasteiger partial charge in [0, 0.05) is 18.4 Å². The van der Waals surface area contributed by atoms with Gasteiger partial charge in [-0.15, -0.1) is 0 Å². The third-order valence-corrected chi connectivity index (χ3v) is 4.98. The Morgan fingerprint density at radius 2 is 2.25 bits per heavy atom. The standard InChI is InChI=1S/C20H20N6O2/c27-20(16-7-9-26(25-16)14-3-1-8-21-12-14)22-13-5-6-15-17(11-13)24-19(23-15)18-4-2-10-28-18/h2,4-7,9-11,14,21H,1,3,8,12H2,(H,22,27)(H,23,24). The number of carbonyl (C=O) groups is 1. The van der Waals surface area contributed by atoms with Gasteiger partial charge >= 0.3 is 0 Å². The molecule has 0 radical (unpaired) electrons. The second kappa shape index (κ2) is 6.97. The first-order valence-corrected chi connectivity index (χ1v) is 9.37. The summed E-state index contributed by atoms with van der Waals surface area (Å²) in [5, 5.41) is 10.7. The highest BCUT2D eigenvalue weighted by molar-refractivity contribution is 6.03. The number of nitrogens with one attached hydrogen (secondary N) is 3. The fourth-order valence-electron chi connectivity index (χ4n) is 3.53. The molecule has 1 atom stereocenters. The van der Waals surface area contributed by atoms with Crippen LogP contribution >= 0.6 is 0 Å². The molecule has 4 aromatic rings. The van der Waals surface area contributed by atoms with Crippen molar-refractivity contribution < 1.29 is 9.21 Å². The molecule has 3 aromatic heterocycles. The van der Waals surface area contributed by atoms with Crippen LogP contribution in [-0.4, -0.2) is 38.7 Å². The van der Waals surface area contributed by atoms with E-state index in [0.29, 0.717) is 29.0 Å². The summed E-state index contributed by atoms with van der Waals surface area (Å²) < 4.78 is 7.26. The van der Waals surface area contributed by atoms with Gasteiger partial charge in [0.25, 0.3) is 5.91 Å². The minimum atomic E-state index is -0.229. The fraction of sp³-hybridized carbons (Fsp3) is 0.250. The average Bonchev–Trinajstić information content (AvgIpc) is 3.47. The van der Waals surface area contributed by atoms with Crippen LogP contribution in [0, 0.1) is 0 Å². The van der Waals surface area contributed by atoms with Crippen molar-refractivity contribution in [1.29, 1.82) is 0 Å².